The van der Waals surface area contributed by atoms with Crippen LogP contribution < -0.4 is 11.5 Å². The molecule has 3 nitrogen and oxygen atoms in total. The lowest BCUT2D eigenvalue weighted by Crippen LogP contribution is -2.08. The van der Waals surface area contributed by atoms with Crippen LogP contribution in [0.3, 0.4) is 0 Å². The number of benzene rings is 2. The molecule has 106 valence electrons. The molecule has 0 aliphatic heterocycles. The first kappa shape index (κ1) is 13.5. The maximum Gasteiger partial charge on any atom is 0.0487 e. The van der Waals surface area contributed by atoms with Crippen LogP contribution in [0.25, 0.3) is 27.7 Å². The molecule has 1 heterocycles. The normalized spacial score (nSPS) is 10.9. The highest BCUT2D eigenvalue weighted by molar-refractivity contribution is 5.96. The Morgan fingerprint density at radius 3 is 2.67 bits per heavy atom. The first-order valence-corrected chi connectivity index (χ1v) is 7.04. The molecule has 3 heteroatoms. The fourth-order valence-electron chi connectivity index (χ4n) is 2.69. The maximum atomic E-state index is 5.81. The smallest absolute Gasteiger partial charge is 0.0487 e. The van der Waals surface area contributed by atoms with E-state index in [1.54, 1.807) is 0 Å². The van der Waals surface area contributed by atoms with E-state index >= 15 is 0 Å². The van der Waals surface area contributed by atoms with E-state index in [1.807, 2.05) is 12.1 Å². The van der Waals surface area contributed by atoms with Crippen molar-refractivity contribution in [3.8, 4) is 11.1 Å². The minimum absolute atomic E-state index is 0.586. The van der Waals surface area contributed by atoms with Crippen molar-refractivity contribution in [2.75, 3.05) is 6.54 Å². The van der Waals surface area contributed by atoms with Crippen LogP contribution in [0.15, 0.2) is 61.3 Å². The number of rotatable bonds is 4. The van der Waals surface area contributed by atoms with Crippen molar-refractivity contribution in [1.29, 1.82) is 0 Å². The van der Waals surface area contributed by atoms with Gasteiger partial charge in [0.25, 0.3) is 0 Å². The number of aromatic nitrogens is 1. The monoisotopic (exact) mass is 277 g/mol. The summed E-state index contributed by atoms with van der Waals surface area (Å²) in [5, 5.41) is 1.23. The average molecular weight is 277 g/mol. The van der Waals surface area contributed by atoms with Crippen molar-refractivity contribution in [3.05, 3.63) is 66.9 Å². The average Bonchev–Trinajstić information content (AvgIpc) is 2.87. The third kappa shape index (κ3) is 2.43. The van der Waals surface area contributed by atoms with Crippen LogP contribution in [0, 0.1) is 0 Å². The number of hydrogen-bond acceptors (Lipinski definition) is 2. The van der Waals surface area contributed by atoms with E-state index in [-0.39, 0.29) is 0 Å². The van der Waals surface area contributed by atoms with Crippen LogP contribution >= 0.6 is 0 Å². The second-order valence-electron chi connectivity index (χ2n) is 5.15. The molecule has 0 atom stereocenters. The van der Waals surface area contributed by atoms with Gasteiger partial charge in [0.05, 0.1) is 0 Å². The van der Waals surface area contributed by atoms with Gasteiger partial charge in [-0.05, 0) is 23.3 Å². The van der Waals surface area contributed by atoms with Gasteiger partial charge in [0.1, 0.15) is 0 Å². The summed E-state index contributed by atoms with van der Waals surface area (Å²) in [5.74, 6) is 0. The molecule has 0 fully saturated rings. The van der Waals surface area contributed by atoms with E-state index in [0.717, 1.165) is 17.7 Å². The highest BCUT2D eigenvalue weighted by Crippen LogP contribution is 2.31. The molecule has 0 radical (unpaired) electrons. The van der Waals surface area contributed by atoms with Gasteiger partial charge in [-0.1, -0.05) is 43.0 Å². The topological polar surface area (TPSA) is 57.0 Å². The maximum absolute atomic E-state index is 5.81. The molecule has 0 unspecified atom stereocenters. The SMILES string of the molecule is C=C(N)c1cccc(-c2cn(CCN)c3ccccc23)c1. The lowest BCUT2D eigenvalue weighted by atomic mass is 10.0. The Kier molecular flexibility index (Phi) is 3.50. The summed E-state index contributed by atoms with van der Waals surface area (Å²) in [7, 11) is 0. The zero-order valence-corrected chi connectivity index (χ0v) is 11.9. The Morgan fingerprint density at radius 2 is 1.90 bits per heavy atom. The summed E-state index contributed by atoms with van der Waals surface area (Å²) < 4.78 is 2.20. The predicted octanol–water partition coefficient (Wildman–Crippen LogP) is 3.20. The summed E-state index contributed by atoms with van der Waals surface area (Å²) >= 11 is 0. The van der Waals surface area contributed by atoms with Crippen LogP contribution in [-0.4, -0.2) is 11.1 Å². The number of para-hydroxylation sites is 1. The van der Waals surface area contributed by atoms with E-state index in [1.165, 1.54) is 16.5 Å². The molecular weight excluding hydrogens is 258 g/mol. The molecule has 0 amide bonds. The summed E-state index contributed by atoms with van der Waals surface area (Å²) in [6.07, 6.45) is 2.16. The number of nitrogens with zero attached hydrogens (tertiary/aromatic N) is 1. The highest BCUT2D eigenvalue weighted by atomic mass is 15.0. The van der Waals surface area contributed by atoms with Crippen LogP contribution in [0.5, 0.6) is 0 Å². The molecular formula is C18H19N3. The van der Waals surface area contributed by atoms with E-state index in [0.29, 0.717) is 12.2 Å². The molecule has 0 saturated heterocycles. The molecule has 0 aliphatic carbocycles. The van der Waals surface area contributed by atoms with Crippen molar-refractivity contribution in [2.24, 2.45) is 11.5 Å². The van der Waals surface area contributed by atoms with Gasteiger partial charge < -0.3 is 16.0 Å². The molecule has 2 aromatic carbocycles. The van der Waals surface area contributed by atoms with Gasteiger partial charge in [0, 0.05) is 41.4 Å². The van der Waals surface area contributed by atoms with Crippen molar-refractivity contribution in [2.45, 2.75) is 6.54 Å². The van der Waals surface area contributed by atoms with Crippen LogP contribution in [-0.2, 0) is 6.54 Å². The molecule has 0 aliphatic rings. The van der Waals surface area contributed by atoms with Crippen LogP contribution in [0.4, 0.5) is 0 Å². The Morgan fingerprint density at radius 1 is 1.10 bits per heavy atom. The van der Waals surface area contributed by atoms with Crippen molar-refractivity contribution < 1.29 is 0 Å². The number of fused-ring (bicyclic) bond motifs is 1. The standard InChI is InChI=1S/C18H19N3/c1-13(20)14-5-4-6-15(11-14)17-12-21(10-9-19)18-8-3-2-7-16(17)18/h2-8,11-12H,1,9-10,19-20H2. The first-order chi connectivity index (χ1) is 10.2. The van der Waals surface area contributed by atoms with Gasteiger partial charge in [0.2, 0.25) is 0 Å². The third-order valence-corrected chi connectivity index (χ3v) is 3.70. The van der Waals surface area contributed by atoms with Gasteiger partial charge in [0.15, 0.2) is 0 Å². The molecule has 3 rings (SSSR count). The molecule has 0 bridgehead atoms. The number of hydrogen-bond donors (Lipinski definition) is 2. The fourth-order valence-corrected chi connectivity index (χ4v) is 2.69. The van der Waals surface area contributed by atoms with Crippen molar-refractivity contribution in [3.63, 3.8) is 0 Å². The van der Waals surface area contributed by atoms with Gasteiger partial charge in [-0.3, -0.25) is 0 Å². The lowest BCUT2D eigenvalue weighted by molar-refractivity contribution is 0.736. The first-order valence-electron chi connectivity index (χ1n) is 7.04. The van der Waals surface area contributed by atoms with Crippen molar-refractivity contribution in [1.82, 2.24) is 4.57 Å². The molecule has 3 aromatic rings. The Hall–Kier alpha value is -2.52. The summed E-state index contributed by atoms with van der Waals surface area (Å²) in [6, 6.07) is 16.5. The van der Waals surface area contributed by atoms with Gasteiger partial charge >= 0.3 is 0 Å². The molecule has 1 aromatic heterocycles. The van der Waals surface area contributed by atoms with Crippen LogP contribution in [0.2, 0.25) is 0 Å². The van der Waals surface area contributed by atoms with E-state index in [9.17, 15) is 0 Å². The second-order valence-corrected chi connectivity index (χ2v) is 5.15. The van der Waals surface area contributed by atoms with Gasteiger partial charge in [-0.2, -0.15) is 0 Å². The van der Waals surface area contributed by atoms with Gasteiger partial charge in [-0.15, -0.1) is 0 Å². The van der Waals surface area contributed by atoms with Gasteiger partial charge in [-0.25, -0.2) is 0 Å². The quantitative estimate of drug-likeness (QED) is 0.769. The summed E-state index contributed by atoms with van der Waals surface area (Å²) in [6.45, 7) is 5.25. The minimum atomic E-state index is 0.586. The van der Waals surface area contributed by atoms with E-state index in [2.05, 4.69) is 53.7 Å². The Labute approximate surface area is 124 Å². The molecule has 4 N–H and O–H groups in total. The zero-order valence-electron chi connectivity index (χ0n) is 11.9. The lowest BCUT2D eigenvalue weighted by Gasteiger charge is -2.04. The Balaban J connectivity index is 2.20. The largest absolute Gasteiger partial charge is 0.399 e. The minimum Gasteiger partial charge on any atom is -0.399 e. The predicted molar refractivity (Wildman–Crippen MR) is 89.6 cm³/mol. The van der Waals surface area contributed by atoms with E-state index < -0.39 is 0 Å². The number of nitrogens with two attached hydrogens (primary N) is 2. The Bertz CT molecular complexity index is 799. The summed E-state index contributed by atoms with van der Waals surface area (Å²) in [4.78, 5) is 0. The highest BCUT2D eigenvalue weighted by Gasteiger charge is 2.10. The van der Waals surface area contributed by atoms with Crippen LogP contribution in [0.1, 0.15) is 5.56 Å². The molecule has 0 spiro atoms. The third-order valence-electron chi connectivity index (χ3n) is 3.70. The van der Waals surface area contributed by atoms with E-state index in [4.69, 9.17) is 11.5 Å². The molecule has 21 heavy (non-hydrogen) atoms. The zero-order chi connectivity index (χ0) is 14.8. The van der Waals surface area contributed by atoms with Crippen molar-refractivity contribution >= 4 is 16.6 Å². The summed E-state index contributed by atoms with van der Waals surface area (Å²) in [5.41, 5.74) is 16.6. The molecule has 0 saturated carbocycles. The fraction of sp³-hybridized carbons (Fsp3) is 0.111. The second kappa shape index (κ2) is 5.46.